The number of hydrogen-bond donors (Lipinski definition) is 2. The highest BCUT2D eigenvalue weighted by Gasteiger charge is 2.29. The minimum absolute atomic E-state index is 0. The van der Waals surface area contributed by atoms with E-state index in [9.17, 15) is 4.79 Å². The van der Waals surface area contributed by atoms with E-state index >= 15 is 0 Å². The number of benzene rings is 1. The summed E-state index contributed by atoms with van der Waals surface area (Å²) in [6.45, 7) is 8.44. The number of rotatable bonds is 4. The van der Waals surface area contributed by atoms with E-state index in [1.165, 1.54) is 0 Å². The van der Waals surface area contributed by atoms with Gasteiger partial charge in [-0.05, 0) is 43.5 Å². The normalized spacial score (nSPS) is 13.6. The Morgan fingerprint density at radius 1 is 1.47 bits per heavy atom. The predicted octanol–water partition coefficient (Wildman–Crippen LogP) is 3.28. The second-order valence-corrected chi connectivity index (χ2v) is 6.11. The van der Waals surface area contributed by atoms with Crippen LogP contribution in [-0.4, -0.2) is 18.0 Å². The molecule has 0 aliphatic carbocycles. The third kappa shape index (κ3) is 4.48. The van der Waals surface area contributed by atoms with E-state index in [2.05, 4.69) is 35.1 Å². The van der Waals surface area contributed by atoms with E-state index in [0.717, 1.165) is 10.0 Å². The van der Waals surface area contributed by atoms with E-state index < -0.39 is 0 Å². The van der Waals surface area contributed by atoms with Gasteiger partial charge in [0.1, 0.15) is 0 Å². The lowest BCUT2D eigenvalue weighted by molar-refractivity contribution is 0.0882. The van der Waals surface area contributed by atoms with Crippen LogP contribution in [0.2, 0.25) is 0 Å². The fourth-order valence-electron chi connectivity index (χ4n) is 1.64. The number of halogens is 2. The Morgan fingerprint density at radius 2 is 2.05 bits per heavy atom. The van der Waals surface area contributed by atoms with Crippen LogP contribution in [0.5, 0.6) is 0 Å². The molecule has 0 fully saturated rings. The van der Waals surface area contributed by atoms with Crippen LogP contribution in [0.25, 0.3) is 0 Å². The zero-order chi connectivity index (χ0) is 13.9. The van der Waals surface area contributed by atoms with Crippen molar-refractivity contribution in [2.24, 2.45) is 11.7 Å². The van der Waals surface area contributed by atoms with E-state index in [-0.39, 0.29) is 29.8 Å². The minimum Gasteiger partial charge on any atom is -0.345 e. The van der Waals surface area contributed by atoms with Crippen molar-refractivity contribution in [3.05, 3.63) is 33.8 Å². The molecule has 0 saturated heterocycles. The molecule has 0 aliphatic heterocycles. The molecule has 0 spiro atoms. The molecule has 0 bridgehead atoms. The molecule has 0 heterocycles. The first kappa shape index (κ1) is 18.4. The second kappa shape index (κ2) is 7.27. The number of aryl methyl sites for hydroxylation is 1. The number of carbonyl (C=O) groups is 1. The Labute approximate surface area is 129 Å². The topological polar surface area (TPSA) is 55.1 Å². The zero-order valence-electron chi connectivity index (χ0n) is 11.8. The molecule has 1 aromatic carbocycles. The van der Waals surface area contributed by atoms with Gasteiger partial charge in [-0.3, -0.25) is 4.79 Å². The molecule has 108 valence electrons. The van der Waals surface area contributed by atoms with Crippen molar-refractivity contribution in [2.75, 3.05) is 6.54 Å². The molecule has 0 aliphatic rings. The Hall–Kier alpha value is -0.580. The Balaban J connectivity index is 0.00000324. The van der Waals surface area contributed by atoms with Gasteiger partial charge in [-0.1, -0.05) is 29.8 Å². The van der Waals surface area contributed by atoms with Crippen LogP contribution >= 0.6 is 28.3 Å². The van der Waals surface area contributed by atoms with Gasteiger partial charge in [-0.25, -0.2) is 0 Å². The standard InChI is InChI=1S/C14H21BrN2O.ClH/c1-9(2)14(4,8-16)17-13(18)12-6-5-11(15)7-10(12)3;/h5-7,9H,8,16H2,1-4H3,(H,17,18);1H. The molecule has 1 atom stereocenters. The molecule has 0 radical (unpaired) electrons. The van der Waals surface area contributed by atoms with Gasteiger partial charge in [-0.2, -0.15) is 0 Å². The Morgan fingerprint density at radius 3 is 2.47 bits per heavy atom. The number of nitrogens with two attached hydrogens (primary N) is 1. The van der Waals surface area contributed by atoms with Gasteiger partial charge in [0.25, 0.3) is 5.91 Å². The van der Waals surface area contributed by atoms with Gasteiger partial charge in [0.2, 0.25) is 0 Å². The van der Waals surface area contributed by atoms with Gasteiger partial charge in [0.15, 0.2) is 0 Å². The Kier molecular flexibility index (Phi) is 7.05. The molecule has 1 rings (SSSR count). The van der Waals surface area contributed by atoms with Crippen molar-refractivity contribution in [3.63, 3.8) is 0 Å². The molecular formula is C14H22BrClN2O. The fraction of sp³-hybridized carbons (Fsp3) is 0.500. The summed E-state index contributed by atoms with van der Waals surface area (Å²) < 4.78 is 0.974. The van der Waals surface area contributed by atoms with Gasteiger partial charge in [0.05, 0.1) is 5.54 Å². The third-order valence-electron chi connectivity index (χ3n) is 3.53. The summed E-state index contributed by atoms with van der Waals surface area (Å²) in [7, 11) is 0. The largest absolute Gasteiger partial charge is 0.345 e. The van der Waals surface area contributed by atoms with Crippen molar-refractivity contribution in [1.29, 1.82) is 0 Å². The highest BCUT2D eigenvalue weighted by Crippen LogP contribution is 2.19. The first-order valence-corrected chi connectivity index (χ1v) is 6.88. The first-order chi connectivity index (χ1) is 8.30. The maximum atomic E-state index is 12.3. The molecule has 5 heteroatoms. The number of nitrogens with one attached hydrogen (secondary N) is 1. The van der Waals surface area contributed by atoms with Crippen LogP contribution in [0.3, 0.4) is 0 Å². The summed E-state index contributed by atoms with van der Waals surface area (Å²) in [4.78, 5) is 12.3. The van der Waals surface area contributed by atoms with Gasteiger partial charge in [-0.15, -0.1) is 12.4 Å². The summed E-state index contributed by atoms with van der Waals surface area (Å²) in [5.41, 5.74) is 7.04. The quantitative estimate of drug-likeness (QED) is 0.876. The average Bonchev–Trinajstić information content (AvgIpc) is 2.28. The summed E-state index contributed by atoms with van der Waals surface area (Å²) in [5.74, 6) is 0.212. The Bertz CT molecular complexity index is 451. The maximum Gasteiger partial charge on any atom is 0.252 e. The van der Waals surface area contributed by atoms with Crippen molar-refractivity contribution in [1.82, 2.24) is 5.32 Å². The predicted molar refractivity (Wildman–Crippen MR) is 85.9 cm³/mol. The van der Waals surface area contributed by atoms with E-state index in [1.807, 2.05) is 32.0 Å². The maximum absolute atomic E-state index is 12.3. The van der Waals surface area contributed by atoms with Crippen LogP contribution in [0.4, 0.5) is 0 Å². The summed E-state index contributed by atoms with van der Waals surface area (Å²) >= 11 is 3.39. The molecule has 0 aromatic heterocycles. The van der Waals surface area contributed by atoms with Crippen molar-refractivity contribution >= 4 is 34.2 Å². The molecule has 3 nitrogen and oxygen atoms in total. The molecule has 3 N–H and O–H groups in total. The molecule has 1 unspecified atom stereocenters. The summed E-state index contributed by atoms with van der Waals surface area (Å²) in [6, 6.07) is 5.63. The lowest BCUT2D eigenvalue weighted by Crippen LogP contribution is -2.55. The highest BCUT2D eigenvalue weighted by molar-refractivity contribution is 9.10. The molecule has 1 aromatic rings. The van der Waals surface area contributed by atoms with E-state index in [4.69, 9.17) is 5.73 Å². The molecule has 19 heavy (non-hydrogen) atoms. The molecule has 0 saturated carbocycles. The van der Waals surface area contributed by atoms with Crippen molar-refractivity contribution in [3.8, 4) is 0 Å². The average molecular weight is 350 g/mol. The smallest absolute Gasteiger partial charge is 0.252 e. The van der Waals surface area contributed by atoms with Gasteiger partial charge in [0, 0.05) is 16.6 Å². The second-order valence-electron chi connectivity index (χ2n) is 5.19. The third-order valence-corrected chi connectivity index (χ3v) is 4.02. The van der Waals surface area contributed by atoms with Crippen LogP contribution in [0.15, 0.2) is 22.7 Å². The zero-order valence-corrected chi connectivity index (χ0v) is 14.2. The highest BCUT2D eigenvalue weighted by atomic mass is 79.9. The first-order valence-electron chi connectivity index (χ1n) is 6.09. The SMILES string of the molecule is Cc1cc(Br)ccc1C(=O)NC(C)(CN)C(C)C.Cl. The minimum atomic E-state index is -0.378. The van der Waals surface area contributed by atoms with Crippen LogP contribution < -0.4 is 11.1 Å². The summed E-state index contributed by atoms with van der Waals surface area (Å²) in [6.07, 6.45) is 0. The number of carbonyl (C=O) groups excluding carboxylic acids is 1. The molecular weight excluding hydrogens is 328 g/mol. The fourth-order valence-corrected chi connectivity index (χ4v) is 2.12. The number of amides is 1. The summed E-state index contributed by atoms with van der Waals surface area (Å²) in [5, 5.41) is 3.04. The number of hydrogen-bond acceptors (Lipinski definition) is 2. The van der Waals surface area contributed by atoms with Crippen molar-refractivity contribution < 1.29 is 4.79 Å². The van der Waals surface area contributed by atoms with Crippen molar-refractivity contribution in [2.45, 2.75) is 33.2 Å². The van der Waals surface area contributed by atoms with E-state index in [1.54, 1.807) is 0 Å². The van der Waals surface area contributed by atoms with Gasteiger partial charge >= 0.3 is 0 Å². The van der Waals surface area contributed by atoms with Gasteiger partial charge < -0.3 is 11.1 Å². The monoisotopic (exact) mass is 348 g/mol. The van der Waals surface area contributed by atoms with Crippen LogP contribution in [-0.2, 0) is 0 Å². The molecule has 1 amide bonds. The lowest BCUT2D eigenvalue weighted by Gasteiger charge is -2.33. The van der Waals surface area contributed by atoms with Crippen LogP contribution in [0.1, 0.15) is 36.7 Å². The van der Waals surface area contributed by atoms with E-state index in [0.29, 0.717) is 12.1 Å². The lowest BCUT2D eigenvalue weighted by atomic mass is 9.88. The van der Waals surface area contributed by atoms with Crippen LogP contribution in [0, 0.1) is 12.8 Å².